The van der Waals surface area contributed by atoms with Crippen LogP contribution in [0.25, 0.3) is 0 Å². The first kappa shape index (κ1) is 17.7. The van der Waals surface area contributed by atoms with E-state index in [0.717, 1.165) is 6.42 Å². The smallest absolute Gasteiger partial charge is 0.314 e. The molecule has 1 rings (SSSR count). The van der Waals surface area contributed by atoms with Gasteiger partial charge in [-0.15, -0.1) is 0 Å². The number of nitrogens with one attached hydrogen (secondary N) is 2. The highest BCUT2D eigenvalue weighted by molar-refractivity contribution is 5.78. The quantitative estimate of drug-likeness (QED) is 0.671. The van der Waals surface area contributed by atoms with Gasteiger partial charge in [0.1, 0.15) is 6.61 Å². The van der Waals surface area contributed by atoms with E-state index in [9.17, 15) is 9.59 Å². The van der Waals surface area contributed by atoms with Crippen molar-refractivity contribution in [2.45, 2.75) is 26.4 Å². The van der Waals surface area contributed by atoms with Gasteiger partial charge in [-0.3, -0.25) is 4.79 Å². The monoisotopic (exact) mass is 301 g/mol. The molecule has 1 atom stereocenters. The minimum atomic E-state index is -0.195. The van der Waals surface area contributed by atoms with Crippen molar-refractivity contribution in [1.82, 2.24) is 15.5 Å². The molecule has 1 aliphatic rings. The van der Waals surface area contributed by atoms with Crippen LogP contribution in [0.5, 0.6) is 0 Å². The van der Waals surface area contributed by atoms with E-state index >= 15 is 0 Å². The highest BCUT2D eigenvalue weighted by atomic mass is 16.5. The van der Waals surface area contributed by atoms with Gasteiger partial charge in [-0.25, -0.2) is 4.79 Å². The molecule has 0 aromatic carbocycles. The standard InChI is InChI=1S/C14H27N3O4/c1-11(2)4-5-15-14(19)16-8-12-9-17(6-7-20-3)13(18)10-21-12/h11-12H,4-10H2,1-3H3,(H2,15,16,19). The van der Waals surface area contributed by atoms with E-state index in [-0.39, 0.29) is 24.6 Å². The molecule has 0 aromatic rings. The third-order valence-corrected chi connectivity index (χ3v) is 3.28. The summed E-state index contributed by atoms with van der Waals surface area (Å²) in [6, 6.07) is -0.195. The molecule has 3 amide bonds. The predicted octanol–water partition coefficient (Wildman–Crippen LogP) is 0.206. The summed E-state index contributed by atoms with van der Waals surface area (Å²) >= 11 is 0. The molecule has 1 unspecified atom stereocenters. The van der Waals surface area contributed by atoms with Crippen molar-refractivity contribution >= 4 is 11.9 Å². The van der Waals surface area contributed by atoms with Crippen molar-refractivity contribution < 1.29 is 19.1 Å². The molecule has 7 heteroatoms. The zero-order chi connectivity index (χ0) is 15.7. The van der Waals surface area contributed by atoms with Gasteiger partial charge in [0, 0.05) is 33.3 Å². The van der Waals surface area contributed by atoms with Crippen molar-refractivity contribution in [3.63, 3.8) is 0 Å². The summed E-state index contributed by atoms with van der Waals surface area (Å²) in [5.41, 5.74) is 0. The molecule has 21 heavy (non-hydrogen) atoms. The highest BCUT2D eigenvalue weighted by Crippen LogP contribution is 2.05. The number of carbonyl (C=O) groups excluding carboxylic acids is 2. The van der Waals surface area contributed by atoms with E-state index in [1.54, 1.807) is 12.0 Å². The molecule has 7 nitrogen and oxygen atoms in total. The Labute approximate surface area is 126 Å². The van der Waals surface area contributed by atoms with Crippen LogP contribution in [0.1, 0.15) is 20.3 Å². The fourth-order valence-electron chi connectivity index (χ4n) is 1.97. The summed E-state index contributed by atoms with van der Waals surface area (Å²) < 4.78 is 10.4. The van der Waals surface area contributed by atoms with Crippen LogP contribution in [0.15, 0.2) is 0 Å². The van der Waals surface area contributed by atoms with Gasteiger partial charge in [-0.05, 0) is 12.3 Å². The van der Waals surface area contributed by atoms with Crippen LogP contribution in [0, 0.1) is 5.92 Å². The third kappa shape index (κ3) is 7.29. The van der Waals surface area contributed by atoms with Crippen LogP contribution < -0.4 is 10.6 Å². The van der Waals surface area contributed by atoms with E-state index in [4.69, 9.17) is 9.47 Å². The van der Waals surface area contributed by atoms with Crippen LogP contribution in [-0.4, -0.2) is 69.4 Å². The number of rotatable bonds is 8. The number of hydrogen-bond donors (Lipinski definition) is 2. The lowest BCUT2D eigenvalue weighted by atomic mass is 10.1. The fourth-order valence-corrected chi connectivity index (χ4v) is 1.97. The Morgan fingerprint density at radius 1 is 1.48 bits per heavy atom. The van der Waals surface area contributed by atoms with Gasteiger partial charge in [0.25, 0.3) is 0 Å². The first-order valence-corrected chi connectivity index (χ1v) is 7.43. The highest BCUT2D eigenvalue weighted by Gasteiger charge is 2.26. The lowest BCUT2D eigenvalue weighted by molar-refractivity contribution is -0.149. The Morgan fingerprint density at radius 2 is 2.24 bits per heavy atom. The molecule has 1 heterocycles. The number of methoxy groups -OCH3 is 1. The Kier molecular flexibility index (Phi) is 8.07. The van der Waals surface area contributed by atoms with Gasteiger partial charge in [0.2, 0.25) is 5.91 Å². The van der Waals surface area contributed by atoms with Gasteiger partial charge < -0.3 is 25.0 Å². The van der Waals surface area contributed by atoms with E-state index < -0.39 is 0 Å². The van der Waals surface area contributed by atoms with Crippen molar-refractivity contribution in [3.05, 3.63) is 0 Å². The van der Waals surface area contributed by atoms with E-state index in [1.807, 2.05) is 0 Å². The summed E-state index contributed by atoms with van der Waals surface area (Å²) in [5.74, 6) is 0.525. The average molecular weight is 301 g/mol. The number of hydrogen-bond acceptors (Lipinski definition) is 4. The molecule has 1 fully saturated rings. The summed E-state index contributed by atoms with van der Waals surface area (Å²) in [7, 11) is 1.60. The number of urea groups is 1. The lowest BCUT2D eigenvalue weighted by Crippen LogP contribution is -2.52. The molecule has 0 aliphatic carbocycles. The second-order valence-electron chi connectivity index (χ2n) is 5.58. The van der Waals surface area contributed by atoms with Gasteiger partial charge in [0.15, 0.2) is 0 Å². The Hall–Kier alpha value is -1.34. The van der Waals surface area contributed by atoms with Crippen molar-refractivity contribution in [2.75, 3.05) is 46.5 Å². The normalized spacial score (nSPS) is 19.0. The molecule has 2 N–H and O–H groups in total. The SMILES string of the molecule is COCCN1CC(CNC(=O)NCCC(C)C)OCC1=O. The summed E-state index contributed by atoms with van der Waals surface area (Å²) in [4.78, 5) is 24.9. The number of carbonyl (C=O) groups is 2. The first-order chi connectivity index (χ1) is 10.0. The van der Waals surface area contributed by atoms with E-state index in [2.05, 4.69) is 24.5 Å². The second-order valence-corrected chi connectivity index (χ2v) is 5.58. The summed E-state index contributed by atoms with van der Waals surface area (Å²) in [5, 5.41) is 5.58. The molecular formula is C14H27N3O4. The molecule has 0 aromatic heterocycles. The van der Waals surface area contributed by atoms with Gasteiger partial charge in [-0.2, -0.15) is 0 Å². The topological polar surface area (TPSA) is 79.9 Å². The molecule has 0 saturated carbocycles. The summed E-state index contributed by atoms with van der Waals surface area (Å²) in [6.45, 7) is 6.87. The first-order valence-electron chi connectivity index (χ1n) is 7.43. The molecule has 0 radical (unpaired) electrons. The Bertz CT molecular complexity index is 336. The minimum absolute atomic E-state index is 0.0373. The number of ether oxygens (including phenoxy) is 2. The molecular weight excluding hydrogens is 274 g/mol. The van der Waals surface area contributed by atoms with Crippen molar-refractivity contribution in [2.24, 2.45) is 5.92 Å². The van der Waals surface area contributed by atoms with E-state index in [1.165, 1.54) is 0 Å². The number of amides is 3. The zero-order valence-corrected chi connectivity index (χ0v) is 13.2. The molecule has 0 spiro atoms. The van der Waals surface area contributed by atoms with E-state index in [0.29, 0.717) is 38.7 Å². The minimum Gasteiger partial charge on any atom is -0.383 e. The Balaban J connectivity index is 2.22. The number of nitrogens with zero attached hydrogens (tertiary/aromatic N) is 1. The van der Waals surface area contributed by atoms with Gasteiger partial charge in [0.05, 0.1) is 12.7 Å². The summed E-state index contributed by atoms with van der Waals surface area (Å²) in [6.07, 6.45) is 0.780. The number of morpholine rings is 1. The van der Waals surface area contributed by atoms with Crippen LogP contribution >= 0.6 is 0 Å². The fraction of sp³-hybridized carbons (Fsp3) is 0.857. The molecule has 1 saturated heterocycles. The Morgan fingerprint density at radius 3 is 2.90 bits per heavy atom. The van der Waals surface area contributed by atoms with Gasteiger partial charge in [-0.1, -0.05) is 13.8 Å². The largest absolute Gasteiger partial charge is 0.383 e. The predicted molar refractivity (Wildman–Crippen MR) is 79.1 cm³/mol. The van der Waals surface area contributed by atoms with Crippen LogP contribution in [0.3, 0.4) is 0 Å². The maximum absolute atomic E-state index is 11.6. The average Bonchev–Trinajstić information content (AvgIpc) is 2.44. The van der Waals surface area contributed by atoms with Crippen LogP contribution in [-0.2, 0) is 14.3 Å². The zero-order valence-electron chi connectivity index (χ0n) is 13.2. The van der Waals surface area contributed by atoms with Crippen molar-refractivity contribution in [3.8, 4) is 0 Å². The second kappa shape index (κ2) is 9.57. The van der Waals surface area contributed by atoms with Gasteiger partial charge >= 0.3 is 6.03 Å². The molecule has 0 bridgehead atoms. The van der Waals surface area contributed by atoms with Crippen LogP contribution in [0.2, 0.25) is 0 Å². The van der Waals surface area contributed by atoms with Crippen LogP contribution in [0.4, 0.5) is 4.79 Å². The lowest BCUT2D eigenvalue weighted by Gasteiger charge is -2.32. The maximum Gasteiger partial charge on any atom is 0.314 e. The molecule has 1 aliphatic heterocycles. The maximum atomic E-state index is 11.6. The third-order valence-electron chi connectivity index (χ3n) is 3.28. The molecule has 122 valence electrons. The van der Waals surface area contributed by atoms with Crippen molar-refractivity contribution in [1.29, 1.82) is 0 Å².